The van der Waals surface area contributed by atoms with Crippen molar-refractivity contribution in [1.29, 1.82) is 0 Å². The Balaban J connectivity index is 1.20. The Bertz CT molecular complexity index is 900. The molecule has 0 bridgehead atoms. The van der Waals surface area contributed by atoms with Gasteiger partial charge >= 0.3 is 0 Å². The summed E-state index contributed by atoms with van der Waals surface area (Å²) in [6.45, 7) is 4.77. The first-order valence-electron chi connectivity index (χ1n) is 11.1. The molecule has 6 nitrogen and oxygen atoms in total. The van der Waals surface area contributed by atoms with E-state index in [1.165, 1.54) is 58.0 Å². The molecule has 3 fully saturated rings. The molecule has 6 heteroatoms. The van der Waals surface area contributed by atoms with Crippen LogP contribution in [0.3, 0.4) is 0 Å². The Kier molecular flexibility index (Phi) is 4.90. The molecular formula is C23H31N5O. The van der Waals surface area contributed by atoms with Crippen molar-refractivity contribution in [1.82, 2.24) is 19.7 Å². The molecule has 0 radical (unpaired) electrons. The lowest BCUT2D eigenvalue weighted by atomic mass is 9.70. The molecule has 154 valence electrons. The van der Waals surface area contributed by atoms with Gasteiger partial charge in [-0.15, -0.1) is 10.2 Å². The van der Waals surface area contributed by atoms with Crippen LogP contribution in [0.2, 0.25) is 0 Å². The SMILES string of the molecule is Cn1cc(-c2ccc(N3CCC4(CC3)CCN(C3CCC3)CC4)nn2)ccc1=O. The van der Waals surface area contributed by atoms with E-state index in [9.17, 15) is 4.79 Å². The van der Waals surface area contributed by atoms with Gasteiger partial charge in [-0.25, -0.2) is 0 Å². The molecule has 3 aliphatic rings. The molecule has 0 aromatic carbocycles. The zero-order chi connectivity index (χ0) is 19.8. The number of anilines is 1. The predicted molar refractivity (Wildman–Crippen MR) is 115 cm³/mol. The summed E-state index contributed by atoms with van der Waals surface area (Å²) in [6, 6.07) is 8.37. The summed E-state index contributed by atoms with van der Waals surface area (Å²) in [5.41, 5.74) is 2.26. The van der Waals surface area contributed by atoms with Gasteiger partial charge in [-0.3, -0.25) is 4.79 Å². The standard InChI is InChI=1S/C23H31N5O/c1-26-17-18(5-8-22(26)29)20-6-7-21(25-24-20)28-15-11-23(12-16-28)9-13-27(14-10-23)19-3-2-4-19/h5-8,17,19H,2-4,9-16H2,1H3. The number of nitrogens with zero attached hydrogens (tertiary/aromatic N) is 5. The minimum Gasteiger partial charge on any atom is -0.355 e. The van der Waals surface area contributed by atoms with Crippen molar-refractivity contribution in [2.75, 3.05) is 31.1 Å². The highest BCUT2D eigenvalue weighted by Gasteiger charge is 2.39. The molecule has 1 aliphatic carbocycles. The lowest BCUT2D eigenvalue weighted by molar-refractivity contribution is 0.0305. The van der Waals surface area contributed by atoms with Crippen LogP contribution >= 0.6 is 0 Å². The van der Waals surface area contributed by atoms with E-state index in [1.807, 2.05) is 18.3 Å². The number of aryl methyl sites for hydroxylation is 1. The van der Waals surface area contributed by atoms with E-state index >= 15 is 0 Å². The highest BCUT2D eigenvalue weighted by molar-refractivity contribution is 5.58. The average Bonchev–Trinajstić information content (AvgIpc) is 2.71. The molecule has 2 saturated heterocycles. The van der Waals surface area contributed by atoms with Crippen LogP contribution in [0.25, 0.3) is 11.3 Å². The Morgan fingerprint density at radius 1 is 0.931 bits per heavy atom. The Labute approximate surface area is 172 Å². The van der Waals surface area contributed by atoms with Gasteiger partial charge in [0.1, 0.15) is 0 Å². The van der Waals surface area contributed by atoms with Crippen LogP contribution in [0.5, 0.6) is 0 Å². The van der Waals surface area contributed by atoms with Crippen LogP contribution < -0.4 is 10.5 Å². The van der Waals surface area contributed by atoms with Crippen molar-refractivity contribution >= 4 is 5.82 Å². The molecule has 29 heavy (non-hydrogen) atoms. The van der Waals surface area contributed by atoms with Crippen molar-refractivity contribution in [2.45, 2.75) is 51.0 Å². The summed E-state index contributed by atoms with van der Waals surface area (Å²) >= 11 is 0. The zero-order valence-corrected chi connectivity index (χ0v) is 17.4. The summed E-state index contributed by atoms with van der Waals surface area (Å²) in [5.74, 6) is 0.973. The van der Waals surface area contributed by atoms with Crippen molar-refractivity contribution < 1.29 is 0 Å². The van der Waals surface area contributed by atoms with Gasteiger partial charge in [-0.2, -0.15) is 0 Å². The second-order valence-corrected chi connectivity index (χ2v) is 9.25. The normalized spacial score (nSPS) is 22.6. The van der Waals surface area contributed by atoms with Crippen molar-refractivity contribution in [3.8, 4) is 11.3 Å². The van der Waals surface area contributed by atoms with Gasteiger partial charge in [-0.05, 0) is 75.2 Å². The largest absolute Gasteiger partial charge is 0.355 e. The van der Waals surface area contributed by atoms with Crippen LogP contribution in [0.15, 0.2) is 35.3 Å². The summed E-state index contributed by atoms with van der Waals surface area (Å²) in [6.07, 6.45) is 11.4. The number of hydrogen-bond donors (Lipinski definition) is 0. The molecule has 5 rings (SSSR count). The third-order valence-electron chi connectivity index (χ3n) is 7.63. The fourth-order valence-corrected chi connectivity index (χ4v) is 5.22. The van der Waals surface area contributed by atoms with E-state index in [2.05, 4.69) is 26.1 Å². The molecule has 1 saturated carbocycles. The number of aromatic nitrogens is 3. The topological polar surface area (TPSA) is 54.3 Å². The molecular weight excluding hydrogens is 362 g/mol. The van der Waals surface area contributed by atoms with Gasteiger partial charge in [0.25, 0.3) is 0 Å². The van der Waals surface area contributed by atoms with Gasteiger partial charge < -0.3 is 14.4 Å². The van der Waals surface area contributed by atoms with E-state index in [-0.39, 0.29) is 5.56 Å². The molecule has 4 heterocycles. The van der Waals surface area contributed by atoms with Gasteiger partial charge in [0.05, 0.1) is 5.69 Å². The third kappa shape index (κ3) is 3.70. The Morgan fingerprint density at radius 2 is 1.66 bits per heavy atom. The van der Waals surface area contributed by atoms with E-state index in [0.29, 0.717) is 5.41 Å². The summed E-state index contributed by atoms with van der Waals surface area (Å²) in [5, 5.41) is 8.93. The quantitative estimate of drug-likeness (QED) is 0.802. The maximum atomic E-state index is 11.6. The van der Waals surface area contributed by atoms with E-state index < -0.39 is 0 Å². The first-order chi connectivity index (χ1) is 14.1. The highest BCUT2D eigenvalue weighted by Crippen LogP contribution is 2.43. The van der Waals surface area contributed by atoms with Gasteiger partial charge in [0.15, 0.2) is 5.82 Å². The molecule has 0 amide bonds. The van der Waals surface area contributed by atoms with Crippen LogP contribution in [-0.2, 0) is 7.05 Å². The second-order valence-electron chi connectivity index (χ2n) is 9.25. The number of hydrogen-bond acceptors (Lipinski definition) is 5. The maximum Gasteiger partial charge on any atom is 0.250 e. The molecule has 0 atom stereocenters. The minimum absolute atomic E-state index is 0.0147. The fraction of sp³-hybridized carbons (Fsp3) is 0.609. The van der Waals surface area contributed by atoms with Crippen molar-refractivity contribution in [2.24, 2.45) is 12.5 Å². The number of piperidine rings is 2. The van der Waals surface area contributed by atoms with E-state index in [1.54, 1.807) is 17.7 Å². The average molecular weight is 394 g/mol. The predicted octanol–water partition coefficient (Wildman–Crippen LogP) is 3.08. The van der Waals surface area contributed by atoms with Crippen LogP contribution in [0.1, 0.15) is 44.9 Å². The molecule has 0 N–H and O–H groups in total. The number of pyridine rings is 1. The Hall–Kier alpha value is -2.21. The maximum absolute atomic E-state index is 11.6. The summed E-state index contributed by atoms with van der Waals surface area (Å²) in [7, 11) is 1.76. The van der Waals surface area contributed by atoms with Gasteiger partial charge in [0.2, 0.25) is 5.56 Å². The number of likely N-dealkylation sites (tertiary alicyclic amines) is 1. The first-order valence-corrected chi connectivity index (χ1v) is 11.1. The van der Waals surface area contributed by atoms with Crippen LogP contribution in [-0.4, -0.2) is 51.9 Å². The highest BCUT2D eigenvalue weighted by atomic mass is 16.1. The first kappa shape index (κ1) is 18.8. The van der Waals surface area contributed by atoms with Crippen molar-refractivity contribution in [3.05, 3.63) is 40.8 Å². The lowest BCUT2D eigenvalue weighted by Crippen LogP contribution is -2.51. The summed E-state index contributed by atoms with van der Waals surface area (Å²) < 4.78 is 1.57. The lowest BCUT2D eigenvalue weighted by Gasteiger charge is -2.50. The van der Waals surface area contributed by atoms with Crippen LogP contribution in [0.4, 0.5) is 5.82 Å². The Morgan fingerprint density at radius 3 is 2.24 bits per heavy atom. The van der Waals surface area contributed by atoms with Gasteiger partial charge in [0, 0.05) is 44.0 Å². The monoisotopic (exact) mass is 393 g/mol. The van der Waals surface area contributed by atoms with Gasteiger partial charge in [-0.1, -0.05) is 6.42 Å². The zero-order valence-electron chi connectivity index (χ0n) is 17.4. The van der Waals surface area contributed by atoms with E-state index in [4.69, 9.17) is 0 Å². The second kappa shape index (κ2) is 7.56. The minimum atomic E-state index is -0.0147. The summed E-state index contributed by atoms with van der Waals surface area (Å²) in [4.78, 5) is 16.7. The van der Waals surface area contributed by atoms with Crippen molar-refractivity contribution in [3.63, 3.8) is 0 Å². The molecule has 2 aliphatic heterocycles. The fourth-order valence-electron chi connectivity index (χ4n) is 5.22. The van der Waals surface area contributed by atoms with E-state index in [0.717, 1.165) is 36.2 Å². The smallest absolute Gasteiger partial charge is 0.250 e. The third-order valence-corrected chi connectivity index (χ3v) is 7.63. The molecule has 1 spiro atoms. The molecule has 2 aromatic heterocycles. The number of rotatable bonds is 3. The molecule has 2 aromatic rings. The van der Waals surface area contributed by atoms with Crippen LogP contribution in [0, 0.1) is 5.41 Å². The molecule has 0 unspecified atom stereocenters.